The second kappa shape index (κ2) is 5.78. The van der Waals surface area contributed by atoms with Crippen molar-refractivity contribution in [3.05, 3.63) is 27.5 Å². The minimum absolute atomic E-state index is 0.271. The molecule has 1 aromatic rings. The van der Waals surface area contributed by atoms with Crippen LogP contribution in [0.15, 0.2) is 12.0 Å². The van der Waals surface area contributed by atoms with E-state index in [0.717, 1.165) is 11.4 Å². The molecule has 1 aliphatic carbocycles. The number of aliphatic hydroxyl groups excluding tert-OH is 1. The van der Waals surface area contributed by atoms with Gasteiger partial charge in [-0.1, -0.05) is 0 Å². The van der Waals surface area contributed by atoms with Crippen molar-refractivity contribution in [1.29, 1.82) is 0 Å². The lowest BCUT2D eigenvalue weighted by Crippen LogP contribution is -2.17. The molecule has 1 heterocycles. The molecule has 0 radical (unpaired) electrons. The van der Waals surface area contributed by atoms with Gasteiger partial charge in [0.1, 0.15) is 5.01 Å². The smallest absolute Gasteiger partial charge is 0.183 e. The van der Waals surface area contributed by atoms with E-state index in [2.05, 4.69) is 17.6 Å². The molecule has 3 nitrogen and oxygen atoms in total. The maximum absolute atomic E-state index is 9.70. The Morgan fingerprint density at radius 1 is 1.53 bits per heavy atom. The maximum atomic E-state index is 9.70. The van der Waals surface area contributed by atoms with E-state index in [1.165, 1.54) is 29.8 Å². The summed E-state index contributed by atoms with van der Waals surface area (Å²) in [6.45, 7) is 0.674. The number of aromatic nitrogens is 1. The molecule has 0 saturated carbocycles. The van der Waals surface area contributed by atoms with E-state index in [0.29, 0.717) is 12.3 Å². The number of thiazole rings is 1. The lowest BCUT2D eigenvalue weighted by atomic mass is 10.0. The average molecular weight is 270 g/mol. The molecule has 0 atom stereocenters. The van der Waals surface area contributed by atoms with Crippen LogP contribution >= 0.6 is 24.0 Å². The fourth-order valence-electron chi connectivity index (χ4n) is 1.99. The van der Waals surface area contributed by atoms with E-state index in [1.807, 2.05) is 7.05 Å². The summed E-state index contributed by atoms with van der Waals surface area (Å²) >= 11 is 5.85. The van der Waals surface area contributed by atoms with Crippen LogP contribution in [0, 0.1) is 0 Å². The molecular weight excluding hydrogens is 252 g/mol. The normalized spacial score (nSPS) is 15.8. The Balaban J connectivity index is 2.03. The zero-order valence-electron chi connectivity index (χ0n) is 10.0. The summed E-state index contributed by atoms with van der Waals surface area (Å²) in [6.07, 6.45) is 6.53. The van der Waals surface area contributed by atoms with Crippen molar-refractivity contribution in [3.63, 3.8) is 0 Å². The van der Waals surface area contributed by atoms with E-state index in [1.54, 1.807) is 22.3 Å². The van der Waals surface area contributed by atoms with Crippen molar-refractivity contribution in [2.75, 3.05) is 12.8 Å². The Morgan fingerprint density at radius 3 is 3.00 bits per heavy atom. The fraction of sp³-hybridized carbons (Fsp3) is 0.583. The lowest BCUT2D eigenvalue weighted by molar-refractivity contribution is 0.226. The average Bonchev–Trinajstić information content (AvgIpc) is 2.71. The summed E-state index contributed by atoms with van der Waals surface area (Å²) in [4.78, 5) is 7.90. The third-order valence-electron chi connectivity index (χ3n) is 2.93. The van der Waals surface area contributed by atoms with Gasteiger partial charge >= 0.3 is 0 Å². The first-order valence-electron chi connectivity index (χ1n) is 5.89. The molecule has 17 heavy (non-hydrogen) atoms. The largest absolute Gasteiger partial charge is 0.495 e. The van der Waals surface area contributed by atoms with Gasteiger partial charge in [0, 0.05) is 17.7 Å². The third-order valence-corrected chi connectivity index (χ3v) is 4.25. The van der Waals surface area contributed by atoms with Gasteiger partial charge in [-0.15, -0.1) is 11.3 Å². The molecular formula is C12H18N2OS2. The Morgan fingerprint density at radius 2 is 2.29 bits per heavy atom. The molecule has 0 spiro atoms. The fourth-order valence-corrected chi connectivity index (χ4v) is 3.37. The highest BCUT2D eigenvalue weighted by atomic mass is 32.1. The van der Waals surface area contributed by atoms with Gasteiger partial charge in [-0.3, -0.25) is 0 Å². The van der Waals surface area contributed by atoms with Gasteiger partial charge in [-0.05, 0) is 31.8 Å². The van der Waals surface area contributed by atoms with Gasteiger partial charge in [-0.2, -0.15) is 12.6 Å². The second-order valence-electron chi connectivity index (χ2n) is 4.29. The number of nitrogens with zero attached hydrogens (tertiary/aromatic N) is 2. The molecule has 1 aromatic heterocycles. The monoisotopic (exact) mass is 270 g/mol. The van der Waals surface area contributed by atoms with E-state index < -0.39 is 0 Å². The number of aliphatic hydroxyl groups is 1. The van der Waals surface area contributed by atoms with Crippen LogP contribution in [0.2, 0.25) is 0 Å². The Kier molecular flexibility index (Phi) is 4.34. The first-order valence-corrected chi connectivity index (χ1v) is 7.34. The van der Waals surface area contributed by atoms with E-state index in [9.17, 15) is 5.11 Å². The summed E-state index contributed by atoms with van der Waals surface area (Å²) in [7, 11) is 1.87. The molecule has 0 aromatic carbocycles. The quantitative estimate of drug-likeness (QED) is 0.652. The van der Waals surface area contributed by atoms with Crippen molar-refractivity contribution >= 4 is 24.0 Å². The standard InChI is InChI=1S/C12H18N2OS2/c1-14(12(15)6-7-16)8-11-13-9-4-2-3-5-10(9)17-11/h6,15-16H,2-5,7-8H2,1H3/b12-6+. The van der Waals surface area contributed by atoms with Crippen molar-refractivity contribution in [2.24, 2.45) is 0 Å². The van der Waals surface area contributed by atoms with Crippen LogP contribution in [0.25, 0.3) is 0 Å². The van der Waals surface area contributed by atoms with Crippen LogP contribution in [0.4, 0.5) is 0 Å². The zero-order valence-corrected chi connectivity index (χ0v) is 11.7. The predicted octanol–water partition coefficient (Wildman–Crippen LogP) is 2.78. The van der Waals surface area contributed by atoms with Crippen LogP contribution in [-0.4, -0.2) is 27.8 Å². The van der Waals surface area contributed by atoms with Crippen molar-refractivity contribution < 1.29 is 5.11 Å². The van der Waals surface area contributed by atoms with Gasteiger partial charge in [0.25, 0.3) is 0 Å². The molecule has 0 saturated heterocycles. The highest BCUT2D eigenvalue weighted by Crippen LogP contribution is 2.27. The number of aryl methyl sites for hydroxylation is 2. The molecule has 0 amide bonds. The number of fused-ring (bicyclic) bond motifs is 1. The van der Waals surface area contributed by atoms with Crippen LogP contribution in [0.3, 0.4) is 0 Å². The van der Waals surface area contributed by atoms with Gasteiger partial charge in [0.15, 0.2) is 5.88 Å². The molecule has 5 heteroatoms. The molecule has 1 aliphatic rings. The first-order chi connectivity index (χ1) is 8.20. The predicted molar refractivity (Wildman–Crippen MR) is 74.8 cm³/mol. The molecule has 0 bridgehead atoms. The number of hydrogen-bond acceptors (Lipinski definition) is 5. The second-order valence-corrected chi connectivity index (χ2v) is 5.82. The van der Waals surface area contributed by atoms with Gasteiger partial charge in [0.05, 0.1) is 12.2 Å². The van der Waals surface area contributed by atoms with Crippen LogP contribution in [0.1, 0.15) is 28.4 Å². The highest BCUT2D eigenvalue weighted by molar-refractivity contribution is 7.80. The van der Waals surface area contributed by atoms with Crippen molar-refractivity contribution in [3.8, 4) is 0 Å². The SMILES string of the molecule is CN(Cc1nc2c(s1)CCCC2)/C(O)=C\CS. The van der Waals surface area contributed by atoms with Gasteiger partial charge in [-0.25, -0.2) is 4.98 Å². The topological polar surface area (TPSA) is 36.4 Å². The Labute approximate surface area is 112 Å². The summed E-state index contributed by atoms with van der Waals surface area (Å²) in [5.41, 5.74) is 1.28. The lowest BCUT2D eigenvalue weighted by Gasteiger charge is -2.15. The minimum atomic E-state index is 0.271. The Bertz CT molecular complexity index is 391. The van der Waals surface area contributed by atoms with Crippen LogP contribution < -0.4 is 0 Å². The van der Waals surface area contributed by atoms with E-state index >= 15 is 0 Å². The molecule has 2 rings (SSSR count). The van der Waals surface area contributed by atoms with E-state index in [-0.39, 0.29) is 5.88 Å². The Hall–Kier alpha value is -0.680. The summed E-state index contributed by atoms with van der Waals surface area (Å²) in [5.74, 6) is 0.818. The summed E-state index contributed by atoms with van der Waals surface area (Å²) < 4.78 is 0. The van der Waals surface area contributed by atoms with Gasteiger partial charge < -0.3 is 10.0 Å². The zero-order chi connectivity index (χ0) is 12.3. The molecule has 1 N–H and O–H groups in total. The van der Waals surface area contributed by atoms with E-state index in [4.69, 9.17) is 0 Å². The molecule has 0 fully saturated rings. The first kappa shape index (κ1) is 12.8. The number of hydrogen-bond donors (Lipinski definition) is 2. The maximum Gasteiger partial charge on any atom is 0.183 e. The van der Waals surface area contributed by atoms with Crippen molar-refractivity contribution in [1.82, 2.24) is 9.88 Å². The summed E-state index contributed by atoms with van der Waals surface area (Å²) in [6, 6.07) is 0. The number of rotatable bonds is 4. The minimum Gasteiger partial charge on any atom is -0.495 e. The van der Waals surface area contributed by atoms with Crippen LogP contribution in [-0.2, 0) is 19.4 Å². The summed E-state index contributed by atoms with van der Waals surface area (Å²) in [5, 5.41) is 10.8. The van der Waals surface area contributed by atoms with Crippen LogP contribution in [0.5, 0.6) is 0 Å². The number of thiol groups is 1. The molecule has 94 valence electrons. The van der Waals surface area contributed by atoms with Crippen molar-refractivity contribution in [2.45, 2.75) is 32.2 Å². The third kappa shape index (κ3) is 3.16. The molecule has 0 aliphatic heterocycles. The van der Waals surface area contributed by atoms with Gasteiger partial charge in [0.2, 0.25) is 0 Å². The molecule has 0 unspecified atom stereocenters. The highest BCUT2D eigenvalue weighted by Gasteiger charge is 2.16.